The molecular formula is C33H39N9O3Si. The molecule has 6 rings (SSSR count). The second-order valence-corrected chi connectivity index (χ2v) is 18.2. The summed E-state index contributed by atoms with van der Waals surface area (Å²) in [6, 6.07) is 16.8. The number of rotatable bonds is 12. The Hall–Kier alpha value is -4.61. The number of nitrogens with zero attached hydrogens (tertiary/aromatic N) is 7. The summed E-state index contributed by atoms with van der Waals surface area (Å²) in [5.41, 5.74) is 5.55. The molecule has 0 aliphatic carbocycles. The summed E-state index contributed by atoms with van der Waals surface area (Å²) in [5.74, 6) is 2.00. The molecule has 5 aromatic rings. The van der Waals surface area contributed by atoms with Crippen molar-refractivity contribution in [2.24, 2.45) is 0 Å². The van der Waals surface area contributed by atoms with E-state index >= 15 is 0 Å². The fourth-order valence-corrected chi connectivity index (χ4v) is 5.94. The molecule has 1 aliphatic heterocycles. The second-order valence-electron chi connectivity index (χ2n) is 12.5. The summed E-state index contributed by atoms with van der Waals surface area (Å²) in [7, 11) is 0.343. The van der Waals surface area contributed by atoms with Crippen molar-refractivity contribution in [2.45, 2.75) is 39.0 Å². The van der Waals surface area contributed by atoms with Gasteiger partial charge >= 0.3 is 0 Å². The van der Waals surface area contributed by atoms with Gasteiger partial charge in [-0.15, -0.1) is 0 Å². The van der Waals surface area contributed by atoms with Gasteiger partial charge in [0.25, 0.3) is 0 Å². The zero-order valence-corrected chi connectivity index (χ0v) is 27.7. The van der Waals surface area contributed by atoms with Crippen LogP contribution in [0.4, 0.5) is 11.5 Å². The number of benzene rings is 2. The van der Waals surface area contributed by atoms with Gasteiger partial charge in [0, 0.05) is 39.9 Å². The highest BCUT2D eigenvalue weighted by atomic mass is 28.3. The molecule has 2 aromatic carbocycles. The van der Waals surface area contributed by atoms with Crippen LogP contribution in [0.1, 0.15) is 11.1 Å². The third kappa shape index (κ3) is 7.60. The van der Waals surface area contributed by atoms with Crippen molar-refractivity contribution in [1.82, 2.24) is 34.6 Å². The molecule has 3 aromatic heterocycles. The molecule has 0 spiro atoms. The monoisotopic (exact) mass is 637 g/mol. The molecule has 0 atom stereocenters. The van der Waals surface area contributed by atoms with Crippen LogP contribution in [0.25, 0.3) is 33.9 Å². The van der Waals surface area contributed by atoms with Gasteiger partial charge in [0.2, 0.25) is 0 Å². The van der Waals surface area contributed by atoms with E-state index in [9.17, 15) is 5.26 Å². The predicted molar refractivity (Wildman–Crippen MR) is 180 cm³/mol. The molecular weight excluding hydrogens is 599 g/mol. The summed E-state index contributed by atoms with van der Waals surface area (Å²) < 4.78 is 18.9. The van der Waals surface area contributed by atoms with Crippen LogP contribution < -0.4 is 10.1 Å². The number of anilines is 2. The number of morpholine rings is 1. The molecule has 4 heterocycles. The number of aromatic amines is 1. The van der Waals surface area contributed by atoms with E-state index < -0.39 is 8.07 Å². The third-order valence-corrected chi connectivity index (χ3v) is 9.44. The number of fused-ring (bicyclic) bond motifs is 1. The highest BCUT2D eigenvalue weighted by Gasteiger charge is 2.20. The average molecular weight is 638 g/mol. The number of hydrogen-bond acceptors (Lipinski definition) is 10. The normalized spacial score (nSPS) is 14.0. The topological polar surface area (TPSA) is 139 Å². The van der Waals surface area contributed by atoms with Gasteiger partial charge in [0.05, 0.1) is 61.1 Å². The number of aromatic nitrogens is 6. The Morgan fingerprint density at radius 3 is 2.74 bits per heavy atom. The quantitative estimate of drug-likeness (QED) is 0.130. The Labute approximate surface area is 269 Å². The van der Waals surface area contributed by atoms with Gasteiger partial charge in [0.15, 0.2) is 28.9 Å². The Bertz CT molecular complexity index is 1850. The summed E-state index contributed by atoms with van der Waals surface area (Å²) in [4.78, 5) is 20.1. The van der Waals surface area contributed by atoms with Crippen molar-refractivity contribution in [2.75, 3.05) is 45.3 Å². The summed E-state index contributed by atoms with van der Waals surface area (Å²) in [5, 5.41) is 17.7. The van der Waals surface area contributed by atoms with Gasteiger partial charge in [-0.3, -0.25) is 4.90 Å². The molecule has 0 unspecified atom stereocenters. The van der Waals surface area contributed by atoms with Crippen LogP contribution in [0, 0.1) is 11.3 Å². The Morgan fingerprint density at radius 1 is 1.11 bits per heavy atom. The van der Waals surface area contributed by atoms with Crippen molar-refractivity contribution in [1.29, 1.82) is 5.26 Å². The van der Waals surface area contributed by atoms with Crippen LogP contribution in [0.15, 0.2) is 54.9 Å². The fourth-order valence-electron chi connectivity index (χ4n) is 5.18. The molecule has 238 valence electrons. The van der Waals surface area contributed by atoms with Crippen molar-refractivity contribution < 1.29 is 14.2 Å². The lowest BCUT2D eigenvalue weighted by Gasteiger charge is -2.26. The van der Waals surface area contributed by atoms with Crippen molar-refractivity contribution in [3.05, 3.63) is 66.0 Å². The molecule has 1 aliphatic rings. The van der Waals surface area contributed by atoms with Gasteiger partial charge in [-0.2, -0.15) is 10.4 Å². The van der Waals surface area contributed by atoms with E-state index in [-0.39, 0.29) is 0 Å². The van der Waals surface area contributed by atoms with E-state index in [4.69, 9.17) is 29.3 Å². The number of ether oxygens (including phenoxy) is 3. The maximum atomic E-state index is 9.38. The third-order valence-electron chi connectivity index (χ3n) is 7.74. The molecule has 1 fully saturated rings. The minimum atomic E-state index is -1.23. The lowest BCUT2D eigenvalue weighted by atomic mass is 10.1. The van der Waals surface area contributed by atoms with Crippen LogP contribution in [0.3, 0.4) is 0 Å². The minimum absolute atomic E-state index is 0.302. The van der Waals surface area contributed by atoms with Crippen molar-refractivity contribution in [3.63, 3.8) is 0 Å². The number of hydrogen-bond donors (Lipinski definition) is 2. The smallest absolute Gasteiger partial charge is 0.179 e. The van der Waals surface area contributed by atoms with Gasteiger partial charge in [0.1, 0.15) is 6.73 Å². The van der Waals surface area contributed by atoms with E-state index in [1.165, 1.54) is 5.56 Å². The molecule has 0 saturated carbocycles. The largest absolute Gasteiger partial charge is 0.491 e. The first-order valence-corrected chi connectivity index (χ1v) is 19.1. The minimum Gasteiger partial charge on any atom is -0.491 e. The molecule has 2 N–H and O–H groups in total. The Kier molecular flexibility index (Phi) is 9.41. The van der Waals surface area contributed by atoms with E-state index in [1.807, 2.05) is 24.4 Å². The van der Waals surface area contributed by atoms with Crippen LogP contribution in [0.2, 0.25) is 25.7 Å². The molecule has 0 bridgehead atoms. The lowest BCUT2D eigenvalue weighted by Crippen LogP contribution is -2.35. The van der Waals surface area contributed by atoms with Gasteiger partial charge < -0.3 is 24.5 Å². The van der Waals surface area contributed by atoms with Crippen LogP contribution in [-0.2, 0) is 22.7 Å². The van der Waals surface area contributed by atoms with E-state index in [2.05, 4.69) is 58.0 Å². The van der Waals surface area contributed by atoms with Crippen molar-refractivity contribution in [3.8, 4) is 34.7 Å². The van der Waals surface area contributed by atoms with Crippen LogP contribution >= 0.6 is 0 Å². The van der Waals surface area contributed by atoms with E-state index in [0.717, 1.165) is 55.5 Å². The second kappa shape index (κ2) is 13.8. The highest BCUT2D eigenvalue weighted by molar-refractivity contribution is 6.76. The fraction of sp³-hybridized carbons (Fsp3) is 0.364. The van der Waals surface area contributed by atoms with Crippen molar-refractivity contribution >= 4 is 30.6 Å². The maximum Gasteiger partial charge on any atom is 0.179 e. The predicted octanol–water partition coefficient (Wildman–Crippen LogP) is 5.65. The zero-order chi connectivity index (χ0) is 32.1. The molecule has 0 amide bonds. The highest BCUT2D eigenvalue weighted by Crippen LogP contribution is 2.33. The first kappa shape index (κ1) is 31.4. The number of methoxy groups -OCH3 is 1. The maximum absolute atomic E-state index is 9.38. The Balaban J connectivity index is 1.32. The molecule has 12 nitrogen and oxygen atoms in total. The molecule has 0 radical (unpaired) electrons. The number of nitrogens with one attached hydrogen (secondary N) is 2. The summed E-state index contributed by atoms with van der Waals surface area (Å²) >= 11 is 0. The standard InChI is InChI=1S/C33H39N9O3Si/c1-43-29-19-35-31(25-7-5-6-23(16-25)18-34)39-32(29)38-28-21-42(22-45-14-15-46(2,3)4)40-30(28)33-36-26-9-8-24(17-27(26)37-33)20-41-10-12-44-13-11-41/h5-9,16-17,19,21H,10-15,20,22H2,1-4H3,(H,36,37)(H,35,38,39). The van der Waals surface area contributed by atoms with E-state index in [1.54, 1.807) is 30.1 Å². The lowest BCUT2D eigenvalue weighted by molar-refractivity contribution is 0.0342. The number of nitriles is 1. The van der Waals surface area contributed by atoms with Crippen LogP contribution in [0.5, 0.6) is 5.75 Å². The van der Waals surface area contributed by atoms with Gasteiger partial charge in [-0.05, 0) is 35.9 Å². The molecule has 46 heavy (non-hydrogen) atoms. The molecule has 13 heteroatoms. The number of H-pyrrole nitrogens is 1. The van der Waals surface area contributed by atoms with E-state index in [0.29, 0.717) is 53.5 Å². The first-order chi connectivity index (χ1) is 22.3. The summed E-state index contributed by atoms with van der Waals surface area (Å²) in [6.07, 6.45) is 3.50. The first-order valence-electron chi connectivity index (χ1n) is 15.4. The average Bonchev–Trinajstić information content (AvgIpc) is 3.66. The Morgan fingerprint density at radius 2 is 1.96 bits per heavy atom. The summed E-state index contributed by atoms with van der Waals surface area (Å²) in [6.45, 7) is 12.2. The zero-order valence-electron chi connectivity index (χ0n) is 26.7. The van der Waals surface area contributed by atoms with Gasteiger partial charge in [-0.1, -0.05) is 37.8 Å². The molecule has 1 saturated heterocycles. The number of imidazole rings is 1. The van der Waals surface area contributed by atoms with Gasteiger partial charge in [-0.25, -0.2) is 19.6 Å². The van der Waals surface area contributed by atoms with Crippen LogP contribution in [-0.4, -0.2) is 82.7 Å². The SMILES string of the molecule is COc1cnc(-c2cccc(C#N)c2)nc1Nc1cn(COCC[Si](C)(C)C)nc1-c1nc2ccc(CN3CCOCC3)cc2[nH]1.